The Morgan fingerprint density at radius 2 is 2.05 bits per heavy atom. The number of rotatable bonds is 3. The zero-order valence-corrected chi connectivity index (χ0v) is 13.1. The lowest BCUT2D eigenvalue weighted by molar-refractivity contribution is 0.0602. The van der Waals surface area contributed by atoms with E-state index in [4.69, 9.17) is 5.73 Å². The van der Waals surface area contributed by atoms with Crippen LogP contribution >= 0.6 is 11.3 Å². The maximum Gasteiger partial charge on any atom is 0.349 e. The standard InChI is InChI=1S/C12H18N2O4S2/c1-8-7-19-10(12(15)18-2)11(8)20(16,17)14-5-3-9(13)4-6-14/h7,9H,3-6,13H2,1-2H3. The molecule has 0 aliphatic carbocycles. The molecule has 0 bridgehead atoms. The number of aryl methyl sites for hydroxylation is 1. The fourth-order valence-electron chi connectivity index (χ4n) is 2.23. The Kier molecular flexibility index (Phi) is 4.48. The van der Waals surface area contributed by atoms with Gasteiger partial charge in [-0.2, -0.15) is 4.31 Å². The van der Waals surface area contributed by atoms with Gasteiger partial charge in [-0.25, -0.2) is 13.2 Å². The molecule has 6 nitrogen and oxygen atoms in total. The number of hydrogen-bond acceptors (Lipinski definition) is 6. The van der Waals surface area contributed by atoms with Crippen LogP contribution in [-0.4, -0.2) is 44.9 Å². The van der Waals surface area contributed by atoms with E-state index in [9.17, 15) is 13.2 Å². The molecule has 1 aliphatic rings. The van der Waals surface area contributed by atoms with Crippen LogP contribution in [-0.2, 0) is 14.8 Å². The number of carbonyl (C=O) groups excluding carboxylic acids is 1. The van der Waals surface area contributed by atoms with Crippen molar-refractivity contribution in [2.75, 3.05) is 20.2 Å². The number of sulfonamides is 1. The van der Waals surface area contributed by atoms with Crippen LogP contribution in [0.5, 0.6) is 0 Å². The van der Waals surface area contributed by atoms with Crippen molar-refractivity contribution >= 4 is 27.3 Å². The van der Waals surface area contributed by atoms with E-state index < -0.39 is 16.0 Å². The van der Waals surface area contributed by atoms with Crippen molar-refractivity contribution in [3.63, 3.8) is 0 Å². The van der Waals surface area contributed by atoms with Crippen molar-refractivity contribution in [3.05, 3.63) is 15.8 Å². The molecular formula is C12H18N2O4S2. The highest BCUT2D eigenvalue weighted by atomic mass is 32.2. The first-order valence-corrected chi connectivity index (χ1v) is 8.62. The number of hydrogen-bond donors (Lipinski definition) is 1. The van der Waals surface area contributed by atoms with Gasteiger partial charge in [-0.3, -0.25) is 0 Å². The normalized spacial score (nSPS) is 18.1. The van der Waals surface area contributed by atoms with Crippen LogP contribution in [0.25, 0.3) is 0 Å². The minimum absolute atomic E-state index is 0.0464. The third kappa shape index (κ3) is 2.73. The highest BCUT2D eigenvalue weighted by Gasteiger charge is 2.34. The molecule has 0 radical (unpaired) electrons. The van der Waals surface area contributed by atoms with Gasteiger partial charge in [0.15, 0.2) is 0 Å². The van der Waals surface area contributed by atoms with Crippen molar-refractivity contribution in [3.8, 4) is 0 Å². The number of carbonyl (C=O) groups is 1. The molecule has 0 aromatic carbocycles. The molecule has 0 spiro atoms. The Bertz CT molecular complexity index is 601. The molecule has 8 heteroatoms. The molecular weight excluding hydrogens is 300 g/mol. The van der Waals surface area contributed by atoms with Crippen LogP contribution < -0.4 is 5.73 Å². The molecule has 1 saturated heterocycles. The first kappa shape index (κ1) is 15.4. The minimum atomic E-state index is -3.67. The first-order chi connectivity index (χ1) is 9.37. The van der Waals surface area contributed by atoms with Gasteiger partial charge in [-0.05, 0) is 30.7 Å². The third-order valence-electron chi connectivity index (χ3n) is 3.39. The van der Waals surface area contributed by atoms with Crippen LogP contribution in [0.3, 0.4) is 0 Å². The van der Waals surface area contributed by atoms with Gasteiger partial charge in [0.25, 0.3) is 0 Å². The summed E-state index contributed by atoms with van der Waals surface area (Å²) in [6.45, 7) is 2.46. The fraction of sp³-hybridized carbons (Fsp3) is 0.583. The van der Waals surface area contributed by atoms with Gasteiger partial charge in [-0.1, -0.05) is 0 Å². The lowest BCUT2D eigenvalue weighted by Crippen LogP contribution is -2.43. The molecule has 112 valence electrons. The summed E-state index contributed by atoms with van der Waals surface area (Å²) in [5.41, 5.74) is 6.37. The maximum atomic E-state index is 12.7. The van der Waals surface area contributed by atoms with E-state index in [-0.39, 0.29) is 15.8 Å². The third-order valence-corrected chi connectivity index (χ3v) is 6.68. The Morgan fingerprint density at radius 3 is 2.60 bits per heavy atom. The van der Waals surface area contributed by atoms with Crippen LogP contribution in [0.15, 0.2) is 10.3 Å². The maximum absolute atomic E-state index is 12.7. The average molecular weight is 318 g/mol. The second-order valence-corrected chi connectivity index (χ2v) is 7.56. The molecule has 2 N–H and O–H groups in total. The molecule has 0 atom stereocenters. The van der Waals surface area contributed by atoms with Gasteiger partial charge in [0, 0.05) is 19.1 Å². The highest BCUT2D eigenvalue weighted by molar-refractivity contribution is 7.89. The Labute approximate surface area is 122 Å². The molecule has 0 amide bonds. The number of ether oxygens (including phenoxy) is 1. The SMILES string of the molecule is COC(=O)c1scc(C)c1S(=O)(=O)N1CCC(N)CC1. The van der Waals surface area contributed by atoms with Crippen LogP contribution in [0.2, 0.25) is 0 Å². The van der Waals surface area contributed by atoms with Crippen molar-refractivity contribution in [2.24, 2.45) is 5.73 Å². The number of piperidine rings is 1. The minimum Gasteiger partial charge on any atom is -0.465 e. The van der Waals surface area contributed by atoms with Crippen molar-refractivity contribution < 1.29 is 17.9 Å². The Balaban J connectivity index is 2.39. The van der Waals surface area contributed by atoms with Crippen LogP contribution in [0, 0.1) is 6.92 Å². The van der Waals surface area contributed by atoms with Gasteiger partial charge in [-0.15, -0.1) is 11.3 Å². The van der Waals surface area contributed by atoms with E-state index in [0.29, 0.717) is 31.5 Å². The van der Waals surface area contributed by atoms with E-state index >= 15 is 0 Å². The van der Waals surface area contributed by atoms with Gasteiger partial charge < -0.3 is 10.5 Å². The van der Waals surface area contributed by atoms with Gasteiger partial charge in [0.1, 0.15) is 9.77 Å². The molecule has 0 saturated carbocycles. The number of methoxy groups -OCH3 is 1. The summed E-state index contributed by atoms with van der Waals surface area (Å²) in [5, 5.41) is 1.66. The molecule has 1 aromatic heterocycles. The van der Waals surface area contributed by atoms with E-state index in [1.54, 1.807) is 12.3 Å². The van der Waals surface area contributed by atoms with E-state index in [0.717, 1.165) is 11.3 Å². The van der Waals surface area contributed by atoms with Gasteiger partial charge in [0.2, 0.25) is 10.0 Å². The Hall–Kier alpha value is -0.960. The molecule has 1 fully saturated rings. The van der Waals surface area contributed by atoms with E-state index in [1.807, 2.05) is 0 Å². The van der Waals surface area contributed by atoms with Gasteiger partial charge in [0.05, 0.1) is 7.11 Å². The quantitative estimate of drug-likeness (QED) is 0.838. The summed E-state index contributed by atoms with van der Waals surface area (Å²) in [7, 11) is -2.43. The van der Waals surface area contributed by atoms with Crippen LogP contribution in [0.4, 0.5) is 0 Å². The monoisotopic (exact) mass is 318 g/mol. The van der Waals surface area contributed by atoms with Crippen LogP contribution in [0.1, 0.15) is 28.1 Å². The van der Waals surface area contributed by atoms with Gasteiger partial charge >= 0.3 is 5.97 Å². The second kappa shape index (κ2) is 5.80. The highest BCUT2D eigenvalue weighted by Crippen LogP contribution is 2.31. The predicted molar refractivity (Wildman–Crippen MR) is 76.4 cm³/mol. The zero-order valence-electron chi connectivity index (χ0n) is 11.5. The fourth-order valence-corrected chi connectivity index (χ4v) is 5.36. The second-order valence-electron chi connectivity index (χ2n) is 4.81. The summed E-state index contributed by atoms with van der Waals surface area (Å²) >= 11 is 1.10. The number of nitrogens with zero attached hydrogens (tertiary/aromatic N) is 1. The Morgan fingerprint density at radius 1 is 1.45 bits per heavy atom. The summed E-state index contributed by atoms with van der Waals surface area (Å²) < 4.78 is 31.5. The molecule has 2 rings (SSSR count). The molecule has 1 aliphatic heterocycles. The van der Waals surface area contributed by atoms with Crippen molar-refractivity contribution in [1.82, 2.24) is 4.31 Å². The lowest BCUT2D eigenvalue weighted by Gasteiger charge is -2.29. The largest absolute Gasteiger partial charge is 0.465 e. The number of thiophene rings is 1. The van der Waals surface area contributed by atoms with E-state index in [1.165, 1.54) is 11.4 Å². The summed E-state index contributed by atoms with van der Waals surface area (Å²) in [6.07, 6.45) is 1.27. The van der Waals surface area contributed by atoms with Crippen molar-refractivity contribution in [2.45, 2.75) is 30.7 Å². The predicted octanol–water partition coefficient (Wildman–Crippen LogP) is 0.955. The average Bonchev–Trinajstić information content (AvgIpc) is 2.81. The van der Waals surface area contributed by atoms with E-state index in [2.05, 4.69) is 4.74 Å². The smallest absolute Gasteiger partial charge is 0.349 e. The molecule has 20 heavy (non-hydrogen) atoms. The lowest BCUT2D eigenvalue weighted by atomic mass is 10.1. The topological polar surface area (TPSA) is 89.7 Å². The molecule has 1 aromatic rings. The number of esters is 1. The summed E-state index contributed by atoms with van der Waals surface area (Å²) in [5.74, 6) is -0.615. The molecule has 0 unspecified atom stereocenters. The summed E-state index contributed by atoms with van der Waals surface area (Å²) in [6, 6.07) is 0.0464. The first-order valence-electron chi connectivity index (χ1n) is 6.30. The summed E-state index contributed by atoms with van der Waals surface area (Å²) in [4.78, 5) is 11.9. The van der Waals surface area contributed by atoms with Crippen molar-refractivity contribution in [1.29, 1.82) is 0 Å². The number of nitrogens with two attached hydrogens (primary N) is 1. The zero-order chi connectivity index (χ0) is 14.9. The molecule has 2 heterocycles.